The second-order valence-corrected chi connectivity index (χ2v) is 2.82. The van der Waals surface area contributed by atoms with E-state index >= 15 is 0 Å². The Labute approximate surface area is 89.9 Å². The van der Waals surface area contributed by atoms with Crippen molar-refractivity contribution in [3.05, 3.63) is 29.6 Å². The van der Waals surface area contributed by atoms with Crippen molar-refractivity contribution in [1.82, 2.24) is 15.6 Å². The molecule has 86 valence electrons. The van der Waals surface area contributed by atoms with Gasteiger partial charge in [-0.3, -0.25) is 9.59 Å². The summed E-state index contributed by atoms with van der Waals surface area (Å²) in [5, 5.41) is 4.40. The van der Waals surface area contributed by atoms with Gasteiger partial charge in [0.15, 0.2) is 5.82 Å². The second kappa shape index (κ2) is 5.15. The number of carbonyl (C=O) groups excluding carboxylic acids is 2. The summed E-state index contributed by atoms with van der Waals surface area (Å²) in [6.07, 6.45) is 0.965. The summed E-state index contributed by atoms with van der Waals surface area (Å²) >= 11 is 0. The van der Waals surface area contributed by atoms with Crippen LogP contribution in [-0.2, 0) is 4.79 Å². The minimum Gasteiger partial charge on any atom is -0.358 e. The smallest absolute Gasteiger partial charge is 0.254 e. The number of aromatic nitrogens is 1. The van der Waals surface area contributed by atoms with E-state index in [2.05, 4.69) is 15.6 Å². The number of pyridine rings is 1. The predicted octanol–water partition coefficient (Wildman–Crippen LogP) is -0.164. The van der Waals surface area contributed by atoms with Crippen LogP contribution in [0.1, 0.15) is 10.4 Å². The van der Waals surface area contributed by atoms with Gasteiger partial charge in [0, 0.05) is 13.2 Å². The molecule has 5 nitrogen and oxygen atoms in total. The van der Waals surface area contributed by atoms with E-state index in [1.807, 2.05) is 0 Å². The first-order valence-electron chi connectivity index (χ1n) is 4.35. The van der Waals surface area contributed by atoms with Crippen LogP contribution >= 0.6 is 0 Å². The molecule has 2 amide bonds. The molecule has 1 heterocycles. The van der Waals surface area contributed by atoms with Gasteiger partial charge in [0.05, 0.1) is 12.1 Å². The molecule has 0 unspecified atom stereocenters. The lowest BCUT2D eigenvalue weighted by Gasteiger charge is -2.04. The molecule has 16 heavy (non-hydrogen) atoms. The fraction of sp³-hybridized carbons (Fsp3) is 0.222. The number of hydrogen-bond donors (Lipinski definition) is 2. The molecule has 1 aromatic rings. The first-order valence-corrected chi connectivity index (χ1v) is 4.35. The molecule has 0 saturated heterocycles. The van der Waals surface area contributed by atoms with Crippen LogP contribution in [0.3, 0.4) is 0 Å². The van der Waals surface area contributed by atoms with Crippen LogP contribution in [0.2, 0.25) is 0 Å². The normalized spacial score (nSPS) is 9.69. The molecule has 0 saturated carbocycles. The van der Waals surface area contributed by atoms with Gasteiger partial charge in [0.1, 0.15) is 0 Å². The Kier molecular flexibility index (Phi) is 3.87. The van der Waals surface area contributed by atoms with E-state index in [9.17, 15) is 18.4 Å². The molecular weight excluding hydrogens is 220 g/mol. The molecular formula is C9H9F2N3O2. The van der Waals surface area contributed by atoms with E-state index in [4.69, 9.17) is 0 Å². The highest BCUT2D eigenvalue weighted by atomic mass is 19.2. The molecule has 1 rings (SSSR count). The number of hydrogen-bond acceptors (Lipinski definition) is 3. The number of likely N-dealkylation sites (N-methyl/N-ethyl adjacent to an activating group) is 1. The van der Waals surface area contributed by atoms with Crippen molar-refractivity contribution in [2.75, 3.05) is 13.6 Å². The molecule has 0 bridgehead atoms. The highest BCUT2D eigenvalue weighted by Gasteiger charge is 2.16. The van der Waals surface area contributed by atoms with Gasteiger partial charge in [-0.25, -0.2) is 9.37 Å². The topological polar surface area (TPSA) is 71.1 Å². The van der Waals surface area contributed by atoms with Crippen LogP contribution in [-0.4, -0.2) is 30.4 Å². The van der Waals surface area contributed by atoms with Gasteiger partial charge in [-0.1, -0.05) is 0 Å². The van der Waals surface area contributed by atoms with Crippen molar-refractivity contribution in [3.63, 3.8) is 0 Å². The van der Waals surface area contributed by atoms with Crippen LogP contribution in [0, 0.1) is 11.8 Å². The Morgan fingerprint density at radius 2 is 2.12 bits per heavy atom. The molecule has 7 heteroatoms. The summed E-state index contributed by atoms with van der Waals surface area (Å²) in [7, 11) is 1.39. The zero-order valence-electron chi connectivity index (χ0n) is 8.38. The lowest BCUT2D eigenvalue weighted by Crippen LogP contribution is -2.35. The Hall–Kier alpha value is -2.05. The molecule has 0 aliphatic rings. The van der Waals surface area contributed by atoms with Gasteiger partial charge in [-0.05, 0) is 6.07 Å². The molecule has 0 aliphatic heterocycles. The van der Waals surface area contributed by atoms with Crippen molar-refractivity contribution in [2.24, 2.45) is 0 Å². The highest BCUT2D eigenvalue weighted by molar-refractivity contribution is 5.96. The van der Waals surface area contributed by atoms with E-state index in [1.165, 1.54) is 7.05 Å². The highest BCUT2D eigenvalue weighted by Crippen LogP contribution is 2.08. The molecule has 0 radical (unpaired) electrons. The summed E-state index contributed by atoms with van der Waals surface area (Å²) in [6.45, 7) is -0.307. The number of rotatable bonds is 3. The first-order chi connectivity index (χ1) is 7.56. The summed E-state index contributed by atoms with van der Waals surface area (Å²) in [5.74, 6) is -4.00. The molecule has 0 fully saturated rings. The Morgan fingerprint density at radius 3 is 2.75 bits per heavy atom. The van der Waals surface area contributed by atoms with E-state index in [0.717, 1.165) is 12.3 Å². The molecule has 1 aromatic heterocycles. The number of carbonyl (C=O) groups is 2. The third kappa shape index (κ3) is 2.72. The molecule has 0 spiro atoms. The van der Waals surface area contributed by atoms with E-state index in [-0.39, 0.29) is 6.54 Å². The minimum absolute atomic E-state index is 0.307. The van der Waals surface area contributed by atoms with Crippen LogP contribution in [0.4, 0.5) is 8.78 Å². The largest absolute Gasteiger partial charge is 0.358 e. The zero-order chi connectivity index (χ0) is 12.1. The van der Waals surface area contributed by atoms with Crippen LogP contribution in [0.5, 0.6) is 0 Å². The number of amides is 2. The maximum absolute atomic E-state index is 13.1. The van der Waals surface area contributed by atoms with Crippen molar-refractivity contribution in [3.8, 4) is 0 Å². The number of nitrogens with zero attached hydrogens (tertiary/aromatic N) is 1. The average molecular weight is 229 g/mol. The third-order valence-electron chi connectivity index (χ3n) is 1.78. The van der Waals surface area contributed by atoms with Crippen LogP contribution < -0.4 is 10.6 Å². The van der Waals surface area contributed by atoms with Crippen LogP contribution in [0.15, 0.2) is 12.3 Å². The van der Waals surface area contributed by atoms with Gasteiger partial charge in [-0.15, -0.1) is 0 Å². The first kappa shape index (κ1) is 12.0. The fourth-order valence-corrected chi connectivity index (χ4v) is 0.938. The third-order valence-corrected chi connectivity index (χ3v) is 1.78. The lowest BCUT2D eigenvalue weighted by molar-refractivity contribution is -0.119. The summed E-state index contributed by atoms with van der Waals surface area (Å²) in [4.78, 5) is 25.1. The van der Waals surface area contributed by atoms with Crippen molar-refractivity contribution >= 4 is 11.8 Å². The minimum atomic E-state index is -1.35. The van der Waals surface area contributed by atoms with Gasteiger partial charge in [-0.2, -0.15) is 4.39 Å². The number of halogens is 2. The van der Waals surface area contributed by atoms with Gasteiger partial charge in [0.2, 0.25) is 11.9 Å². The standard InChI is InChI=1S/C9H9F2N3O2/c1-12-6(15)4-14-9(16)5-2-3-13-8(11)7(5)10/h2-3H,4H2,1H3,(H,12,15)(H,14,16). The SMILES string of the molecule is CNC(=O)CNC(=O)c1ccnc(F)c1F. The van der Waals surface area contributed by atoms with Crippen molar-refractivity contribution in [1.29, 1.82) is 0 Å². The quantitative estimate of drug-likeness (QED) is 0.707. The van der Waals surface area contributed by atoms with E-state index < -0.39 is 29.1 Å². The van der Waals surface area contributed by atoms with Crippen LogP contribution in [0.25, 0.3) is 0 Å². The monoisotopic (exact) mass is 229 g/mol. The van der Waals surface area contributed by atoms with Gasteiger partial charge in [0.25, 0.3) is 5.91 Å². The Balaban J connectivity index is 2.74. The molecule has 0 atom stereocenters. The zero-order valence-corrected chi connectivity index (χ0v) is 8.38. The molecule has 0 aromatic carbocycles. The summed E-state index contributed by atoms with van der Waals surface area (Å²) < 4.78 is 25.7. The predicted molar refractivity (Wildman–Crippen MR) is 50.6 cm³/mol. The van der Waals surface area contributed by atoms with Crippen molar-refractivity contribution in [2.45, 2.75) is 0 Å². The molecule has 2 N–H and O–H groups in total. The maximum Gasteiger partial charge on any atom is 0.254 e. The molecule has 0 aliphatic carbocycles. The second-order valence-electron chi connectivity index (χ2n) is 2.82. The average Bonchev–Trinajstić information content (AvgIpc) is 2.29. The van der Waals surface area contributed by atoms with Crippen molar-refractivity contribution < 1.29 is 18.4 Å². The summed E-state index contributed by atoms with van der Waals surface area (Å²) in [5.41, 5.74) is -0.489. The lowest BCUT2D eigenvalue weighted by atomic mass is 10.2. The number of nitrogens with one attached hydrogen (secondary N) is 2. The van der Waals surface area contributed by atoms with Gasteiger partial charge < -0.3 is 10.6 Å². The fourth-order valence-electron chi connectivity index (χ4n) is 0.938. The van der Waals surface area contributed by atoms with E-state index in [0.29, 0.717) is 0 Å². The Morgan fingerprint density at radius 1 is 1.44 bits per heavy atom. The Bertz CT molecular complexity index is 423. The maximum atomic E-state index is 13.1. The van der Waals surface area contributed by atoms with E-state index in [1.54, 1.807) is 0 Å². The summed E-state index contributed by atoms with van der Waals surface area (Å²) in [6, 6.07) is 1.03. The van der Waals surface area contributed by atoms with Gasteiger partial charge >= 0.3 is 0 Å².